The number of ether oxygens (including phenoxy) is 1. The Morgan fingerprint density at radius 1 is 1.13 bits per heavy atom. The average Bonchev–Trinajstić information content (AvgIpc) is 3.39. The lowest BCUT2D eigenvalue weighted by Gasteiger charge is -2.27. The van der Waals surface area contributed by atoms with Crippen molar-refractivity contribution in [1.29, 1.82) is 0 Å². The van der Waals surface area contributed by atoms with Crippen LogP contribution in [-0.2, 0) is 0 Å². The van der Waals surface area contributed by atoms with Gasteiger partial charge in [-0.25, -0.2) is 0 Å². The van der Waals surface area contributed by atoms with Gasteiger partial charge >= 0.3 is 0 Å². The maximum atomic E-state index is 12.9. The molecule has 1 saturated carbocycles. The molecule has 2 aromatic carbocycles. The van der Waals surface area contributed by atoms with Crippen molar-refractivity contribution >= 4 is 5.91 Å². The predicted molar refractivity (Wildman–Crippen MR) is 92.8 cm³/mol. The lowest BCUT2D eigenvalue weighted by atomic mass is 10.0. The van der Waals surface area contributed by atoms with Crippen LogP contribution in [0.15, 0.2) is 48.5 Å². The Labute approximate surface area is 137 Å². The molecule has 23 heavy (non-hydrogen) atoms. The molecular formula is C20H23NO2. The lowest BCUT2D eigenvalue weighted by Crippen LogP contribution is -2.38. The van der Waals surface area contributed by atoms with Crippen LogP contribution in [0.4, 0.5) is 0 Å². The van der Waals surface area contributed by atoms with Gasteiger partial charge in [0.2, 0.25) is 0 Å². The first-order valence-electron chi connectivity index (χ1n) is 8.18. The lowest BCUT2D eigenvalue weighted by molar-refractivity contribution is 0.0690. The van der Waals surface area contributed by atoms with Crippen molar-refractivity contribution in [3.63, 3.8) is 0 Å². The fourth-order valence-electron chi connectivity index (χ4n) is 3.01. The van der Waals surface area contributed by atoms with Crippen molar-refractivity contribution in [2.75, 3.05) is 7.11 Å². The highest BCUT2D eigenvalue weighted by atomic mass is 16.5. The van der Waals surface area contributed by atoms with E-state index in [0.29, 0.717) is 6.04 Å². The van der Waals surface area contributed by atoms with Gasteiger partial charge in [0.05, 0.1) is 7.11 Å². The zero-order valence-electron chi connectivity index (χ0n) is 14.0. The summed E-state index contributed by atoms with van der Waals surface area (Å²) in [5.74, 6) is 0.901. The second-order valence-electron chi connectivity index (χ2n) is 6.32. The van der Waals surface area contributed by atoms with Crippen LogP contribution in [0.2, 0.25) is 0 Å². The van der Waals surface area contributed by atoms with E-state index in [1.54, 1.807) is 7.11 Å². The molecule has 120 valence electrons. The van der Waals surface area contributed by atoms with E-state index in [9.17, 15) is 4.79 Å². The minimum absolute atomic E-state index is 0.113. The molecule has 1 aliphatic rings. The van der Waals surface area contributed by atoms with Gasteiger partial charge in [0.1, 0.15) is 5.75 Å². The van der Waals surface area contributed by atoms with Crippen LogP contribution in [0.25, 0.3) is 11.1 Å². The molecule has 0 radical (unpaired) electrons. The number of hydrogen-bond donors (Lipinski definition) is 0. The van der Waals surface area contributed by atoms with Crippen molar-refractivity contribution in [3.05, 3.63) is 54.1 Å². The van der Waals surface area contributed by atoms with Gasteiger partial charge in [0.25, 0.3) is 5.91 Å². The molecule has 0 N–H and O–H groups in total. The summed E-state index contributed by atoms with van der Waals surface area (Å²) >= 11 is 0. The van der Waals surface area contributed by atoms with E-state index in [-0.39, 0.29) is 11.9 Å². The quantitative estimate of drug-likeness (QED) is 0.820. The highest BCUT2D eigenvalue weighted by Gasteiger charge is 2.34. The predicted octanol–water partition coefficient (Wildman–Crippen LogP) is 4.38. The highest BCUT2D eigenvalue weighted by Crippen LogP contribution is 2.34. The minimum Gasteiger partial charge on any atom is -0.496 e. The van der Waals surface area contributed by atoms with Gasteiger partial charge in [-0.2, -0.15) is 0 Å². The van der Waals surface area contributed by atoms with Crippen molar-refractivity contribution < 1.29 is 9.53 Å². The van der Waals surface area contributed by atoms with E-state index in [1.165, 1.54) is 0 Å². The van der Waals surface area contributed by atoms with E-state index in [4.69, 9.17) is 4.74 Å². The minimum atomic E-state index is 0.113. The molecule has 3 rings (SSSR count). The number of benzene rings is 2. The normalized spacial score (nSPS) is 13.9. The van der Waals surface area contributed by atoms with E-state index >= 15 is 0 Å². The molecule has 2 aromatic rings. The standard InChI is InChI=1S/C20H23NO2/c1-14(2)21(17-10-11-17)20(22)16-9-12-19(23-3)18(13-16)15-7-5-4-6-8-15/h4-9,12-14,17H,10-11H2,1-3H3. The van der Waals surface area contributed by atoms with Gasteiger partial charge in [-0.1, -0.05) is 30.3 Å². The molecule has 0 unspecified atom stereocenters. The molecule has 1 amide bonds. The van der Waals surface area contributed by atoms with Gasteiger partial charge in [-0.3, -0.25) is 4.79 Å². The Bertz CT molecular complexity index is 688. The van der Waals surface area contributed by atoms with Crippen LogP contribution in [0, 0.1) is 0 Å². The Kier molecular flexibility index (Phi) is 4.37. The number of carbonyl (C=O) groups is 1. The number of carbonyl (C=O) groups excluding carboxylic acids is 1. The van der Waals surface area contributed by atoms with Gasteiger partial charge in [-0.05, 0) is 50.5 Å². The molecule has 3 heteroatoms. The maximum absolute atomic E-state index is 12.9. The molecule has 1 aliphatic carbocycles. The summed E-state index contributed by atoms with van der Waals surface area (Å²) in [5.41, 5.74) is 2.74. The van der Waals surface area contributed by atoms with E-state index < -0.39 is 0 Å². The number of methoxy groups -OCH3 is 1. The van der Waals surface area contributed by atoms with Crippen molar-refractivity contribution in [2.24, 2.45) is 0 Å². The summed E-state index contributed by atoms with van der Waals surface area (Å²) in [5, 5.41) is 0. The monoisotopic (exact) mass is 309 g/mol. The second kappa shape index (κ2) is 6.45. The summed E-state index contributed by atoms with van der Waals surface area (Å²) in [7, 11) is 1.66. The first kappa shape index (κ1) is 15.6. The highest BCUT2D eigenvalue weighted by molar-refractivity contribution is 5.96. The number of hydrogen-bond acceptors (Lipinski definition) is 2. The molecule has 0 spiro atoms. The topological polar surface area (TPSA) is 29.5 Å². The largest absolute Gasteiger partial charge is 0.496 e. The molecule has 0 atom stereocenters. The summed E-state index contributed by atoms with van der Waals surface area (Å²) in [6, 6.07) is 16.4. The zero-order chi connectivity index (χ0) is 16.4. The smallest absolute Gasteiger partial charge is 0.254 e. The third-order valence-corrected chi connectivity index (χ3v) is 4.26. The maximum Gasteiger partial charge on any atom is 0.254 e. The summed E-state index contributed by atoms with van der Waals surface area (Å²) in [6.45, 7) is 4.16. The van der Waals surface area contributed by atoms with E-state index in [0.717, 1.165) is 35.3 Å². The zero-order valence-corrected chi connectivity index (χ0v) is 14.0. The molecule has 0 heterocycles. The van der Waals surface area contributed by atoms with Crippen LogP contribution >= 0.6 is 0 Å². The number of rotatable bonds is 5. The molecule has 0 bridgehead atoms. The van der Waals surface area contributed by atoms with Gasteiger partial charge in [0, 0.05) is 23.2 Å². The molecule has 3 nitrogen and oxygen atoms in total. The average molecular weight is 309 g/mol. The van der Waals surface area contributed by atoms with Crippen LogP contribution in [0.5, 0.6) is 5.75 Å². The molecule has 0 aliphatic heterocycles. The van der Waals surface area contributed by atoms with Gasteiger partial charge < -0.3 is 9.64 Å². The van der Waals surface area contributed by atoms with Crippen LogP contribution < -0.4 is 4.74 Å². The third kappa shape index (κ3) is 3.24. The SMILES string of the molecule is COc1ccc(C(=O)N(C(C)C)C2CC2)cc1-c1ccccc1. The van der Waals surface area contributed by atoms with Crippen molar-refractivity contribution in [3.8, 4) is 16.9 Å². The first-order chi connectivity index (χ1) is 11.1. The molecule has 0 aromatic heterocycles. The molecule has 1 fully saturated rings. The fourth-order valence-corrected chi connectivity index (χ4v) is 3.01. The Morgan fingerprint density at radius 2 is 1.83 bits per heavy atom. The first-order valence-corrected chi connectivity index (χ1v) is 8.18. The van der Waals surface area contributed by atoms with Gasteiger partial charge in [-0.15, -0.1) is 0 Å². The van der Waals surface area contributed by atoms with Crippen molar-refractivity contribution in [1.82, 2.24) is 4.90 Å². The Morgan fingerprint density at radius 3 is 2.39 bits per heavy atom. The van der Waals surface area contributed by atoms with Crippen molar-refractivity contribution in [2.45, 2.75) is 38.8 Å². The van der Waals surface area contributed by atoms with Gasteiger partial charge in [0.15, 0.2) is 0 Å². The van der Waals surface area contributed by atoms with Crippen LogP contribution in [-0.4, -0.2) is 30.0 Å². The van der Waals surface area contributed by atoms with E-state index in [2.05, 4.69) is 13.8 Å². The molecular weight excluding hydrogens is 286 g/mol. The number of nitrogens with zero attached hydrogens (tertiary/aromatic N) is 1. The second-order valence-corrected chi connectivity index (χ2v) is 6.32. The summed E-state index contributed by atoms with van der Waals surface area (Å²) in [6.07, 6.45) is 2.23. The fraction of sp³-hybridized carbons (Fsp3) is 0.350. The van der Waals surface area contributed by atoms with Crippen LogP contribution in [0.1, 0.15) is 37.0 Å². The Balaban J connectivity index is 1.99. The third-order valence-electron chi connectivity index (χ3n) is 4.26. The molecule has 0 saturated heterocycles. The van der Waals surface area contributed by atoms with Crippen LogP contribution in [0.3, 0.4) is 0 Å². The summed E-state index contributed by atoms with van der Waals surface area (Å²) in [4.78, 5) is 14.9. The Hall–Kier alpha value is -2.29. The summed E-state index contributed by atoms with van der Waals surface area (Å²) < 4.78 is 5.48. The van der Waals surface area contributed by atoms with E-state index in [1.807, 2.05) is 53.4 Å². The number of amides is 1.